The molecule has 4 atom stereocenters. The minimum atomic E-state index is -4.85. The number of likely N-dealkylation sites (tertiary alicyclic amines) is 1. The summed E-state index contributed by atoms with van der Waals surface area (Å²) >= 11 is 7.10. The number of unbranched alkanes of at least 4 members (excludes halogenated alkanes) is 2. The van der Waals surface area contributed by atoms with Crippen LogP contribution >= 0.6 is 23.6 Å². The number of aryl methyl sites for hydroxylation is 1. The quantitative estimate of drug-likeness (QED) is 0.0412. The van der Waals surface area contributed by atoms with Gasteiger partial charge in [-0.1, -0.05) is 45.0 Å². The number of nitrogens with zero attached hydrogens (tertiary/aromatic N) is 5. The lowest BCUT2D eigenvalue weighted by molar-refractivity contribution is -0.144. The van der Waals surface area contributed by atoms with Crippen LogP contribution in [0.25, 0.3) is 10.4 Å². The van der Waals surface area contributed by atoms with E-state index in [1.54, 1.807) is 37.6 Å². The van der Waals surface area contributed by atoms with Gasteiger partial charge in [0, 0.05) is 44.5 Å². The number of hydrogen-bond donors (Lipinski definition) is 3. The van der Waals surface area contributed by atoms with Crippen LogP contribution in [0.4, 0.5) is 28.9 Å². The maximum absolute atomic E-state index is 15.3. The molecule has 73 heavy (non-hydrogen) atoms. The van der Waals surface area contributed by atoms with Gasteiger partial charge in [-0.2, -0.15) is 18.4 Å². The van der Waals surface area contributed by atoms with Crippen molar-refractivity contribution in [3.05, 3.63) is 94.4 Å². The molecule has 3 aromatic carbocycles. The number of aliphatic hydroxyl groups is 1. The Morgan fingerprint density at radius 2 is 1.63 bits per heavy atom. The molecule has 4 aromatic rings. The van der Waals surface area contributed by atoms with Crippen LogP contribution in [0.5, 0.6) is 5.75 Å². The van der Waals surface area contributed by atoms with E-state index < -0.39 is 75.9 Å². The van der Waals surface area contributed by atoms with Gasteiger partial charge in [0.15, 0.2) is 16.7 Å². The Morgan fingerprint density at radius 1 is 0.959 bits per heavy atom. The summed E-state index contributed by atoms with van der Waals surface area (Å²) < 4.78 is 73.4. The zero-order valence-corrected chi connectivity index (χ0v) is 43.4. The smallest absolute Gasteiger partial charge is 0.417 e. The zero-order chi connectivity index (χ0) is 53.4. The summed E-state index contributed by atoms with van der Waals surface area (Å²) in [5.74, 6) is -2.78. The fourth-order valence-electron chi connectivity index (χ4n) is 8.62. The lowest BCUT2D eigenvalue weighted by Gasteiger charge is -2.35. The number of halogens is 4. The number of thiazole rings is 1. The van der Waals surface area contributed by atoms with Crippen LogP contribution in [-0.4, -0.2) is 107 Å². The van der Waals surface area contributed by atoms with E-state index in [1.807, 2.05) is 38.1 Å². The molecular formula is C52H61F4N7O8S2. The molecule has 0 aliphatic carbocycles. The third kappa shape index (κ3) is 13.6. The lowest BCUT2D eigenvalue weighted by Crippen LogP contribution is -2.58. The van der Waals surface area contributed by atoms with E-state index >= 15 is 4.39 Å². The first-order chi connectivity index (χ1) is 34.4. The van der Waals surface area contributed by atoms with Crippen LogP contribution in [0.15, 0.2) is 66.2 Å². The molecule has 2 aliphatic heterocycles. The van der Waals surface area contributed by atoms with E-state index in [0.717, 1.165) is 38.7 Å². The van der Waals surface area contributed by atoms with E-state index in [4.69, 9.17) is 26.4 Å². The Morgan fingerprint density at radius 3 is 2.27 bits per heavy atom. The molecular weight excluding hydrogens is 991 g/mol. The third-order valence-corrected chi connectivity index (χ3v) is 13.9. The lowest BCUT2D eigenvalue weighted by atomic mass is 9.85. The number of alkyl halides is 3. The second-order valence-electron chi connectivity index (χ2n) is 19.6. The highest BCUT2D eigenvalue weighted by atomic mass is 32.1. The van der Waals surface area contributed by atoms with Crippen molar-refractivity contribution in [3.63, 3.8) is 0 Å². The standard InChI is InChI=1S/C52H61F4N7O8S2/c1-31(33-12-14-34(15-13-33)44-32(2)58-30-73-44)59-46(66)41-26-38(64)28-61(41)47(67)45(50(3,4)5)60-43(65)29-70-22-11-21-69-20-9-8-10-23-71-42-19-18-37(25-40(42)53)63-49(72)62(48(68)51(63,6)7)36-17-16-35(27-57)39(24-36)52(54,55)56/h12-19,24-25,30-31,38,41,45,64H,8-11,20-23,26,28-29H2,1-7H3,(H,59,66)(H,60,65)/t31?,38-,41+,45?/m1/s1. The predicted octanol–water partition coefficient (Wildman–Crippen LogP) is 8.41. The van der Waals surface area contributed by atoms with E-state index in [0.29, 0.717) is 45.0 Å². The van der Waals surface area contributed by atoms with Crippen molar-refractivity contribution in [2.45, 2.75) is 117 Å². The Labute approximate surface area is 431 Å². The molecule has 3 N–H and O–H groups in total. The van der Waals surface area contributed by atoms with Gasteiger partial charge in [0.1, 0.15) is 24.2 Å². The minimum absolute atomic E-state index is 0.0334. The van der Waals surface area contributed by atoms with Crippen molar-refractivity contribution in [1.29, 1.82) is 5.26 Å². The number of carbonyl (C=O) groups is 4. The molecule has 2 saturated heterocycles. The van der Waals surface area contributed by atoms with Crippen molar-refractivity contribution in [2.24, 2.45) is 5.41 Å². The monoisotopic (exact) mass is 1050 g/mol. The van der Waals surface area contributed by atoms with Crippen LogP contribution in [-0.2, 0) is 34.8 Å². The van der Waals surface area contributed by atoms with Crippen molar-refractivity contribution in [2.75, 3.05) is 49.4 Å². The number of anilines is 2. The number of rotatable bonds is 21. The number of aliphatic hydroxyl groups excluding tert-OH is 1. The van der Waals surface area contributed by atoms with Gasteiger partial charge in [0.05, 0.1) is 57.7 Å². The van der Waals surface area contributed by atoms with E-state index in [-0.39, 0.29) is 61.1 Å². The first-order valence-corrected chi connectivity index (χ1v) is 25.2. The molecule has 2 fully saturated rings. The predicted molar refractivity (Wildman–Crippen MR) is 271 cm³/mol. The summed E-state index contributed by atoms with van der Waals surface area (Å²) in [6.07, 6.45) is -3.19. The molecule has 1 aromatic heterocycles. The van der Waals surface area contributed by atoms with E-state index in [9.17, 15) is 42.7 Å². The summed E-state index contributed by atoms with van der Waals surface area (Å²) in [5.41, 5.74) is 0.716. The van der Waals surface area contributed by atoms with Gasteiger partial charge in [-0.25, -0.2) is 9.37 Å². The maximum atomic E-state index is 15.3. The zero-order valence-electron chi connectivity index (χ0n) is 41.8. The van der Waals surface area contributed by atoms with Crippen molar-refractivity contribution < 1.29 is 56.1 Å². The first-order valence-electron chi connectivity index (χ1n) is 23.9. The van der Waals surface area contributed by atoms with Crippen LogP contribution in [0.3, 0.4) is 0 Å². The number of carbonyl (C=O) groups excluding carboxylic acids is 4. The SMILES string of the molecule is Cc1ncsc1-c1ccc(C(C)NC(=O)[C@@H]2C[C@@H](O)CN2C(=O)C(NC(=O)COCCCOCCCCCOc2ccc(N3C(=S)N(c4ccc(C#N)c(C(F)(F)F)c4)C(=O)C3(C)C)cc2F)C(C)(C)C)cc1. The van der Waals surface area contributed by atoms with Crippen LogP contribution in [0.1, 0.15) is 102 Å². The van der Waals surface area contributed by atoms with Gasteiger partial charge in [0.25, 0.3) is 5.91 Å². The number of nitrogens with one attached hydrogen (secondary N) is 2. The number of aromatic nitrogens is 1. The molecule has 0 spiro atoms. The summed E-state index contributed by atoms with van der Waals surface area (Å²) in [4.78, 5) is 63.3. The Kier molecular flexibility index (Phi) is 18.4. The van der Waals surface area contributed by atoms with Gasteiger partial charge in [-0.15, -0.1) is 11.3 Å². The Hall–Kier alpha value is -6.05. The number of nitriles is 1. The second-order valence-corrected chi connectivity index (χ2v) is 20.8. The van der Waals surface area contributed by atoms with Gasteiger partial charge < -0.3 is 39.8 Å². The van der Waals surface area contributed by atoms with Crippen LogP contribution in [0, 0.1) is 29.5 Å². The fourth-order valence-corrected chi connectivity index (χ4v) is 9.95. The molecule has 4 amide bonds. The molecule has 392 valence electrons. The number of ether oxygens (including phenoxy) is 3. The normalized spacial score (nSPS) is 17.7. The maximum Gasteiger partial charge on any atom is 0.417 e. The minimum Gasteiger partial charge on any atom is -0.491 e. The van der Waals surface area contributed by atoms with Crippen LogP contribution < -0.4 is 25.2 Å². The van der Waals surface area contributed by atoms with Gasteiger partial charge >= 0.3 is 6.18 Å². The third-order valence-electron chi connectivity index (χ3n) is 12.6. The first kappa shape index (κ1) is 56.2. The van der Waals surface area contributed by atoms with Crippen LogP contribution in [0.2, 0.25) is 0 Å². The Balaban J connectivity index is 0.871. The van der Waals surface area contributed by atoms with Gasteiger partial charge in [-0.3, -0.25) is 24.1 Å². The molecule has 2 aliphatic rings. The molecule has 3 heterocycles. The number of β-amino-alcohol motifs (C(OH)–C–C–N with tert-alkyl or cyclic N) is 1. The summed E-state index contributed by atoms with van der Waals surface area (Å²) in [6, 6.07) is 14.0. The Bertz CT molecular complexity index is 2690. The molecule has 0 saturated carbocycles. The average molecular weight is 1050 g/mol. The highest BCUT2D eigenvalue weighted by Crippen LogP contribution is 2.41. The number of amides is 4. The second kappa shape index (κ2) is 23.9. The number of hydrogen-bond acceptors (Lipinski definition) is 12. The van der Waals surface area contributed by atoms with Gasteiger partial charge in [-0.05, 0) is 112 Å². The average Bonchev–Trinajstić information content (AvgIpc) is 4.00. The molecule has 6 rings (SSSR count). The van der Waals surface area contributed by atoms with Crippen molar-refractivity contribution in [1.82, 2.24) is 20.5 Å². The van der Waals surface area contributed by atoms with Crippen molar-refractivity contribution >= 4 is 63.7 Å². The molecule has 2 unspecified atom stereocenters. The van der Waals surface area contributed by atoms with Crippen molar-refractivity contribution in [3.8, 4) is 22.3 Å². The summed E-state index contributed by atoms with van der Waals surface area (Å²) in [5, 5.41) is 25.4. The highest BCUT2D eigenvalue weighted by Gasteiger charge is 2.51. The van der Waals surface area contributed by atoms with E-state index in [2.05, 4.69) is 15.6 Å². The number of benzene rings is 3. The summed E-state index contributed by atoms with van der Waals surface area (Å²) in [6.45, 7) is 13.2. The van der Waals surface area contributed by atoms with Gasteiger partial charge in [0.2, 0.25) is 17.7 Å². The molecule has 0 bridgehead atoms. The topological polar surface area (TPSA) is 187 Å². The highest BCUT2D eigenvalue weighted by molar-refractivity contribution is 7.81. The number of thiocarbonyl (C=S) groups is 1. The molecule has 21 heteroatoms. The largest absolute Gasteiger partial charge is 0.491 e. The fraction of sp³-hybridized carbons (Fsp3) is 0.481. The molecule has 15 nitrogen and oxygen atoms in total. The molecule has 0 radical (unpaired) electrons. The van der Waals surface area contributed by atoms with E-state index in [1.165, 1.54) is 47.9 Å². The summed E-state index contributed by atoms with van der Waals surface area (Å²) in [7, 11) is 0.